The third kappa shape index (κ3) is 3.90. The Morgan fingerprint density at radius 1 is 1.39 bits per heavy atom. The number of carbonyl (C=O) groups is 3. The number of aliphatic hydroxyl groups excluding tert-OH is 1. The van der Waals surface area contributed by atoms with Gasteiger partial charge in [-0.15, -0.1) is 18.3 Å². The van der Waals surface area contributed by atoms with E-state index in [1.54, 1.807) is 15.9 Å². The third-order valence-electron chi connectivity index (χ3n) is 7.26. The van der Waals surface area contributed by atoms with Crippen molar-refractivity contribution in [1.29, 1.82) is 0 Å². The summed E-state index contributed by atoms with van der Waals surface area (Å²) in [6.07, 6.45) is 5.97. The van der Waals surface area contributed by atoms with Gasteiger partial charge in [-0.25, -0.2) is 0 Å². The van der Waals surface area contributed by atoms with Crippen LogP contribution in [0.5, 0.6) is 0 Å². The standard InChI is InChI=1S/C23H36N2O5S/c1-5-7-8-12-24(11-6-2)21(28)19-23-10-9-16(31-23)17(22(29)30)18(23)20(27)25(19)15(13-26)14(3)4/h6,14-19,26H,2,5,7-13H2,1,3-4H3,(H,29,30)/t15-,16+,17-,18-,19?,23?/m0/s1. The summed E-state index contributed by atoms with van der Waals surface area (Å²) in [4.78, 5) is 43.1. The smallest absolute Gasteiger partial charge is 0.308 e. The van der Waals surface area contributed by atoms with Crippen molar-refractivity contribution in [3.05, 3.63) is 12.7 Å². The summed E-state index contributed by atoms with van der Waals surface area (Å²) >= 11 is 1.54. The summed E-state index contributed by atoms with van der Waals surface area (Å²) in [6, 6.07) is -1.26. The van der Waals surface area contributed by atoms with Gasteiger partial charge in [0.25, 0.3) is 0 Å². The molecule has 7 nitrogen and oxygen atoms in total. The molecule has 3 aliphatic rings. The molecule has 0 aromatic carbocycles. The number of carboxylic acid groups (broad SMARTS) is 1. The number of thioether (sulfide) groups is 1. The fraction of sp³-hybridized carbons (Fsp3) is 0.783. The summed E-state index contributed by atoms with van der Waals surface area (Å²) in [7, 11) is 0. The number of carbonyl (C=O) groups excluding carboxylic acids is 2. The molecule has 0 aromatic rings. The molecule has 6 atom stereocenters. The zero-order valence-corrected chi connectivity index (χ0v) is 19.6. The molecule has 2 unspecified atom stereocenters. The van der Waals surface area contributed by atoms with Crippen LogP contribution >= 0.6 is 11.8 Å². The van der Waals surface area contributed by atoms with E-state index in [0.29, 0.717) is 25.9 Å². The summed E-state index contributed by atoms with van der Waals surface area (Å²) in [5, 5.41) is 19.9. The normalized spacial score (nSPS) is 32.4. The number of unbranched alkanes of at least 4 members (excludes halogenated alkanes) is 2. The number of amides is 2. The van der Waals surface area contributed by atoms with E-state index in [9.17, 15) is 24.6 Å². The first-order valence-corrected chi connectivity index (χ1v) is 12.4. The van der Waals surface area contributed by atoms with Gasteiger partial charge in [0.05, 0.1) is 29.2 Å². The second kappa shape index (κ2) is 9.53. The summed E-state index contributed by atoms with van der Waals surface area (Å²) < 4.78 is -0.728. The van der Waals surface area contributed by atoms with Gasteiger partial charge in [-0.05, 0) is 25.2 Å². The molecule has 3 aliphatic heterocycles. The van der Waals surface area contributed by atoms with Gasteiger partial charge in [0.15, 0.2) is 0 Å². The highest BCUT2D eigenvalue weighted by Crippen LogP contribution is 2.66. The van der Waals surface area contributed by atoms with Crippen LogP contribution in [-0.2, 0) is 14.4 Å². The van der Waals surface area contributed by atoms with E-state index in [1.165, 1.54) is 11.8 Å². The lowest BCUT2D eigenvalue weighted by molar-refractivity contribution is -0.150. The first kappa shape index (κ1) is 24.1. The Labute approximate surface area is 189 Å². The van der Waals surface area contributed by atoms with Crippen LogP contribution in [0.1, 0.15) is 52.9 Å². The maximum absolute atomic E-state index is 14.0. The molecule has 0 radical (unpaired) electrons. The van der Waals surface area contributed by atoms with Crippen molar-refractivity contribution in [2.45, 2.75) is 75.0 Å². The van der Waals surface area contributed by atoms with Crippen LogP contribution < -0.4 is 0 Å². The average Bonchev–Trinajstić information content (AvgIpc) is 3.35. The average molecular weight is 453 g/mol. The Bertz CT molecular complexity index is 729. The highest BCUT2D eigenvalue weighted by molar-refractivity contribution is 8.02. The van der Waals surface area contributed by atoms with Gasteiger partial charge in [-0.2, -0.15) is 0 Å². The van der Waals surface area contributed by atoms with Crippen LogP contribution in [-0.4, -0.2) is 79.6 Å². The van der Waals surface area contributed by atoms with E-state index in [2.05, 4.69) is 13.5 Å². The number of fused-ring (bicyclic) bond motifs is 1. The van der Waals surface area contributed by atoms with Crippen LogP contribution in [0.3, 0.4) is 0 Å². The number of aliphatic carboxylic acids is 1. The van der Waals surface area contributed by atoms with Crippen molar-refractivity contribution >= 4 is 29.5 Å². The third-order valence-corrected chi connectivity index (χ3v) is 9.22. The number of hydrogen-bond donors (Lipinski definition) is 2. The first-order valence-electron chi connectivity index (χ1n) is 11.5. The topological polar surface area (TPSA) is 98.2 Å². The highest BCUT2D eigenvalue weighted by Gasteiger charge is 2.74. The minimum atomic E-state index is -0.957. The van der Waals surface area contributed by atoms with Gasteiger partial charge in [-0.1, -0.05) is 39.7 Å². The summed E-state index contributed by atoms with van der Waals surface area (Å²) in [6.45, 7) is 10.5. The zero-order valence-electron chi connectivity index (χ0n) is 18.8. The number of nitrogens with zero attached hydrogens (tertiary/aromatic N) is 2. The largest absolute Gasteiger partial charge is 0.481 e. The lowest BCUT2D eigenvalue weighted by Gasteiger charge is -2.40. The van der Waals surface area contributed by atoms with E-state index in [-0.39, 0.29) is 29.6 Å². The molecule has 2 N–H and O–H groups in total. The summed E-state index contributed by atoms with van der Waals surface area (Å²) in [5.41, 5.74) is 0. The molecule has 1 spiro atoms. The Balaban J connectivity index is 2.04. The SMILES string of the molecule is C=CCN(CCCCC)C(=O)C1N([C@@H](CO)C(C)C)C(=O)[C@@H]2[C@@H](C(=O)O)[C@H]3CCC12S3. The van der Waals surface area contributed by atoms with Crippen LogP contribution in [0.2, 0.25) is 0 Å². The second-order valence-electron chi connectivity index (χ2n) is 9.41. The lowest BCUT2D eigenvalue weighted by Crippen LogP contribution is -2.58. The second-order valence-corrected chi connectivity index (χ2v) is 11.0. The van der Waals surface area contributed by atoms with Crippen molar-refractivity contribution in [3.63, 3.8) is 0 Å². The van der Waals surface area contributed by atoms with Gasteiger partial charge < -0.3 is 20.0 Å². The predicted octanol–water partition coefficient (Wildman–Crippen LogP) is 2.38. The van der Waals surface area contributed by atoms with Crippen LogP contribution in [0.25, 0.3) is 0 Å². The number of hydrogen-bond acceptors (Lipinski definition) is 5. The molecule has 3 rings (SSSR count). The number of aliphatic hydroxyl groups is 1. The molecule has 3 fully saturated rings. The quantitative estimate of drug-likeness (QED) is 0.369. The molecule has 3 saturated heterocycles. The maximum atomic E-state index is 14.0. The molecule has 8 heteroatoms. The van der Waals surface area contributed by atoms with Crippen LogP contribution in [0, 0.1) is 17.8 Å². The van der Waals surface area contributed by atoms with E-state index >= 15 is 0 Å². The Morgan fingerprint density at radius 2 is 2.10 bits per heavy atom. The Morgan fingerprint density at radius 3 is 2.65 bits per heavy atom. The number of carboxylic acids is 1. The monoisotopic (exact) mass is 452 g/mol. The van der Waals surface area contributed by atoms with E-state index in [0.717, 1.165) is 19.3 Å². The number of rotatable bonds is 11. The van der Waals surface area contributed by atoms with E-state index in [1.807, 2.05) is 13.8 Å². The molecule has 0 saturated carbocycles. The molecule has 0 aromatic heterocycles. The zero-order chi connectivity index (χ0) is 22.9. The van der Waals surface area contributed by atoms with Gasteiger partial charge in [0.1, 0.15) is 6.04 Å². The number of likely N-dealkylation sites (tertiary alicyclic amines) is 1. The fourth-order valence-corrected chi connectivity index (χ4v) is 7.99. The molecule has 3 heterocycles. The Kier molecular flexibility index (Phi) is 7.41. The van der Waals surface area contributed by atoms with Crippen LogP contribution in [0.4, 0.5) is 0 Å². The van der Waals surface area contributed by atoms with Gasteiger partial charge in [0, 0.05) is 18.3 Å². The lowest BCUT2D eigenvalue weighted by atomic mass is 9.71. The molecular formula is C23H36N2O5S. The molecular weight excluding hydrogens is 416 g/mol. The molecule has 2 bridgehead atoms. The van der Waals surface area contributed by atoms with Crippen molar-refractivity contribution in [2.24, 2.45) is 17.8 Å². The maximum Gasteiger partial charge on any atom is 0.308 e. The highest BCUT2D eigenvalue weighted by atomic mass is 32.2. The molecule has 2 amide bonds. The molecule has 31 heavy (non-hydrogen) atoms. The Hall–Kier alpha value is -1.54. The van der Waals surface area contributed by atoms with Crippen molar-refractivity contribution in [3.8, 4) is 0 Å². The fourth-order valence-electron chi connectivity index (χ4n) is 5.80. The first-order chi connectivity index (χ1) is 14.7. The van der Waals surface area contributed by atoms with Crippen LogP contribution in [0.15, 0.2) is 12.7 Å². The van der Waals surface area contributed by atoms with Crippen molar-refractivity contribution < 1.29 is 24.6 Å². The van der Waals surface area contributed by atoms with E-state index in [4.69, 9.17) is 0 Å². The molecule has 174 valence electrons. The van der Waals surface area contributed by atoms with Crippen molar-refractivity contribution in [1.82, 2.24) is 9.80 Å². The van der Waals surface area contributed by atoms with Gasteiger partial charge in [-0.3, -0.25) is 14.4 Å². The summed E-state index contributed by atoms with van der Waals surface area (Å²) in [5.74, 6) is -2.91. The predicted molar refractivity (Wildman–Crippen MR) is 121 cm³/mol. The molecule has 0 aliphatic carbocycles. The van der Waals surface area contributed by atoms with E-state index < -0.39 is 34.6 Å². The van der Waals surface area contributed by atoms with Gasteiger partial charge >= 0.3 is 5.97 Å². The minimum absolute atomic E-state index is 0.0575. The van der Waals surface area contributed by atoms with Crippen molar-refractivity contribution in [2.75, 3.05) is 19.7 Å². The van der Waals surface area contributed by atoms with Gasteiger partial charge in [0.2, 0.25) is 11.8 Å². The minimum Gasteiger partial charge on any atom is -0.481 e.